The van der Waals surface area contributed by atoms with Crippen molar-refractivity contribution in [3.63, 3.8) is 0 Å². The van der Waals surface area contributed by atoms with Crippen LogP contribution in [0.15, 0.2) is 22.7 Å². The first kappa shape index (κ1) is 24.7. The van der Waals surface area contributed by atoms with E-state index in [0.717, 1.165) is 45.2 Å². The van der Waals surface area contributed by atoms with E-state index in [0.29, 0.717) is 23.4 Å². The lowest BCUT2D eigenvalue weighted by atomic mass is 9.97. The third-order valence-electron chi connectivity index (χ3n) is 6.31. The first-order valence-corrected chi connectivity index (χ1v) is 12.2. The van der Waals surface area contributed by atoms with Gasteiger partial charge in [0.15, 0.2) is 0 Å². The van der Waals surface area contributed by atoms with Crippen molar-refractivity contribution in [1.82, 2.24) is 15.5 Å². The average molecular weight is 452 g/mol. The lowest BCUT2D eigenvalue weighted by Crippen LogP contribution is -2.28. The second-order valence-corrected chi connectivity index (χ2v) is 8.95. The van der Waals surface area contributed by atoms with Crippen molar-refractivity contribution < 1.29 is 17.7 Å². The Balaban J connectivity index is 1.57. The van der Waals surface area contributed by atoms with Gasteiger partial charge in [0, 0.05) is 12.1 Å². The number of aryl methyl sites for hydroxylation is 1. The number of nitrogens with one attached hydrogen (secondary N) is 1. The maximum Gasteiger partial charge on any atom is 0.416 e. The zero-order valence-corrected chi connectivity index (χ0v) is 19.1. The molecule has 0 radical (unpaired) electrons. The number of hydrogen-bond acceptors (Lipinski definition) is 4. The predicted octanol–water partition coefficient (Wildman–Crippen LogP) is 7.30. The first-order valence-electron chi connectivity index (χ1n) is 12.2. The van der Waals surface area contributed by atoms with E-state index in [1.165, 1.54) is 44.6 Å². The number of aromatic nitrogens is 2. The van der Waals surface area contributed by atoms with Gasteiger partial charge in [-0.1, -0.05) is 75.6 Å². The van der Waals surface area contributed by atoms with E-state index in [2.05, 4.69) is 22.4 Å². The lowest BCUT2D eigenvalue weighted by molar-refractivity contribution is -0.138. The normalized spacial score (nSPS) is 17.1. The molecule has 0 amide bonds. The highest BCUT2D eigenvalue weighted by molar-refractivity contribution is 5.57. The topological polar surface area (TPSA) is 51.0 Å². The summed E-state index contributed by atoms with van der Waals surface area (Å²) < 4.78 is 46.6. The molecule has 1 fully saturated rings. The fourth-order valence-corrected chi connectivity index (χ4v) is 4.40. The van der Waals surface area contributed by atoms with Crippen LogP contribution in [0.5, 0.6) is 0 Å². The molecule has 4 nitrogen and oxygen atoms in total. The molecule has 2 aromatic rings. The van der Waals surface area contributed by atoms with Gasteiger partial charge in [0.2, 0.25) is 11.7 Å². The first-order chi connectivity index (χ1) is 15.5. The summed E-state index contributed by atoms with van der Waals surface area (Å²) >= 11 is 0. The fourth-order valence-electron chi connectivity index (χ4n) is 4.40. The highest BCUT2D eigenvalue weighted by atomic mass is 19.4. The van der Waals surface area contributed by atoms with E-state index in [9.17, 15) is 13.2 Å². The molecule has 1 unspecified atom stereocenters. The standard InChI is InChI=1S/C25H36F3N3O/c1-2-3-4-5-6-7-8-9-10-12-19-14-15-20(17-22(19)25(26,27)28)23-30-24(32-31-23)21-13-11-16-29-18-21/h14-15,17,21,29H,2-13,16,18H2,1H3. The molecule has 1 saturated heterocycles. The number of nitrogens with zero attached hydrogens (tertiary/aromatic N) is 2. The Bertz CT molecular complexity index is 813. The van der Waals surface area contributed by atoms with Crippen LogP contribution < -0.4 is 5.32 Å². The zero-order chi connectivity index (χ0) is 22.8. The zero-order valence-electron chi connectivity index (χ0n) is 19.1. The van der Waals surface area contributed by atoms with E-state index in [-0.39, 0.29) is 11.7 Å². The van der Waals surface area contributed by atoms with Gasteiger partial charge in [-0.05, 0) is 43.9 Å². The highest BCUT2D eigenvalue weighted by Crippen LogP contribution is 2.35. The molecule has 0 aliphatic carbocycles. The molecule has 1 N–H and O–H groups in total. The largest absolute Gasteiger partial charge is 0.416 e. The molecular formula is C25H36F3N3O. The number of unbranched alkanes of at least 4 members (excludes halogenated alkanes) is 8. The molecule has 1 aliphatic heterocycles. The lowest BCUT2D eigenvalue weighted by Gasteiger charge is -2.18. The van der Waals surface area contributed by atoms with Crippen LogP contribution >= 0.6 is 0 Å². The van der Waals surface area contributed by atoms with Crippen LogP contribution in [0.25, 0.3) is 11.4 Å². The summed E-state index contributed by atoms with van der Waals surface area (Å²) in [5.41, 5.74) is 0.122. The van der Waals surface area contributed by atoms with E-state index in [1.807, 2.05) is 0 Å². The Morgan fingerprint density at radius 1 is 1.03 bits per heavy atom. The van der Waals surface area contributed by atoms with Crippen molar-refractivity contribution in [1.29, 1.82) is 0 Å². The summed E-state index contributed by atoms with van der Waals surface area (Å²) in [4.78, 5) is 4.39. The maximum atomic E-state index is 13.7. The number of piperidine rings is 1. The Morgan fingerprint density at radius 2 is 1.75 bits per heavy atom. The van der Waals surface area contributed by atoms with Gasteiger partial charge in [-0.2, -0.15) is 18.2 Å². The molecule has 0 bridgehead atoms. The van der Waals surface area contributed by atoms with Crippen LogP contribution in [0, 0.1) is 0 Å². The average Bonchev–Trinajstić information content (AvgIpc) is 3.28. The summed E-state index contributed by atoms with van der Waals surface area (Å²) in [5, 5.41) is 7.24. The van der Waals surface area contributed by atoms with Crippen LogP contribution in [0.1, 0.15) is 100 Å². The van der Waals surface area contributed by atoms with E-state index >= 15 is 0 Å². The van der Waals surface area contributed by atoms with Gasteiger partial charge in [0.25, 0.3) is 0 Å². The molecule has 1 aromatic heterocycles. The van der Waals surface area contributed by atoms with Gasteiger partial charge in [0.1, 0.15) is 0 Å². The number of alkyl halides is 3. The molecule has 7 heteroatoms. The molecule has 1 atom stereocenters. The van der Waals surface area contributed by atoms with Crippen LogP contribution in [0.4, 0.5) is 13.2 Å². The summed E-state index contributed by atoms with van der Waals surface area (Å²) in [7, 11) is 0. The summed E-state index contributed by atoms with van der Waals surface area (Å²) in [6.45, 7) is 3.93. The van der Waals surface area contributed by atoms with Crippen molar-refractivity contribution in [2.24, 2.45) is 0 Å². The summed E-state index contributed by atoms with van der Waals surface area (Å²) in [6, 6.07) is 4.45. The number of rotatable bonds is 12. The van der Waals surface area contributed by atoms with Crippen molar-refractivity contribution in [2.45, 2.75) is 96.1 Å². The van der Waals surface area contributed by atoms with E-state index < -0.39 is 11.7 Å². The summed E-state index contributed by atoms with van der Waals surface area (Å²) in [6.07, 6.45) is 8.33. The van der Waals surface area contributed by atoms with Gasteiger partial charge < -0.3 is 9.84 Å². The minimum absolute atomic E-state index is 0.123. The third kappa shape index (κ3) is 7.32. The van der Waals surface area contributed by atoms with E-state index in [1.54, 1.807) is 12.1 Å². The van der Waals surface area contributed by atoms with Crippen molar-refractivity contribution >= 4 is 0 Å². The van der Waals surface area contributed by atoms with Crippen LogP contribution in [-0.4, -0.2) is 23.2 Å². The van der Waals surface area contributed by atoms with Gasteiger partial charge in [-0.15, -0.1) is 0 Å². The fraction of sp³-hybridized carbons (Fsp3) is 0.680. The third-order valence-corrected chi connectivity index (χ3v) is 6.31. The van der Waals surface area contributed by atoms with Crippen molar-refractivity contribution in [3.8, 4) is 11.4 Å². The number of hydrogen-bond donors (Lipinski definition) is 1. The molecule has 2 heterocycles. The molecular weight excluding hydrogens is 415 g/mol. The summed E-state index contributed by atoms with van der Waals surface area (Å²) in [5.74, 6) is 0.850. The van der Waals surface area contributed by atoms with Crippen LogP contribution in [0.2, 0.25) is 0 Å². The quantitative estimate of drug-likeness (QED) is 0.344. The second kappa shape index (κ2) is 12.4. The van der Waals surface area contributed by atoms with Gasteiger partial charge >= 0.3 is 6.18 Å². The highest BCUT2D eigenvalue weighted by Gasteiger charge is 2.34. The number of halogens is 3. The smallest absolute Gasteiger partial charge is 0.339 e. The Hall–Kier alpha value is -1.89. The van der Waals surface area contributed by atoms with Gasteiger partial charge in [0.05, 0.1) is 11.5 Å². The Labute approximate surface area is 189 Å². The second-order valence-electron chi connectivity index (χ2n) is 8.95. The van der Waals surface area contributed by atoms with Gasteiger partial charge in [-0.3, -0.25) is 0 Å². The Kier molecular flexibility index (Phi) is 9.57. The monoisotopic (exact) mass is 451 g/mol. The molecule has 1 aliphatic rings. The molecule has 1 aromatic carbocycles. The molecule has 0 spiro atoms. The SMILES string of the molecule is CCCCCCCCCCCc1ccc(-c2noc(C3CCCNC3)n2)cc1C(F)(F)F. The minimum atomic E-state index is -4.40. The molecule has 178 valence electrons. The number of benzene rings is 1. The van der Waals surface area contributed by atoms with Crippen molar-refractivity contribution in [2.75, 3.05) is 13.1 Å². The van der Waals surface area contributed by atoms with Crippen LogP contribution in [-0.2, 0) is 12.6 Å². The molecule has 3 rings (SSSR count). The van der Waals surface area contributed by atoms with Gasteiger partial charge in [-0.25, -0.2) is 0 Å². The minimum Gasteiger partial charge on any atom is -0.339 e. The Morgan fingerprint density at radius 3 is 2.41 bits per heavy atom. The maximum absolute atomic E-state index is 13.7. The molecule has 0 saturated carbocycles. The van der Waals surface area contributed by atoms with Crippen molar-refractivity contribution in [3.05, 3.63) is 35.2 Å². The van der Waals surface area contributed by atoms with E-state index in [4.69, 9.17) is 4.52 Å². The molecule has 32 heavy (non-hydrogen) atoms. The predicted molar refractivity (Wildman–Crippen MR) is 121 cm³/mol. The van der Waals surface area contributed by atoms with Crippen LogP contribution in [0.3, 0.4) is 0 Å².